The van der Waals surface area contributed by atoms with Gasteiger partial charge in [-0.15, -0.1) is 0 Å². The standard InChI is InChI=1S/C16H23N3O3/c1-22-14-4-2-3-13(11-14)12-16(21)19-9-7-18(8-10-19)6-5-15(17)20/h2-4,11H,5-10,12H2,1H3,(H2,17,20). The van der Waals surface area contributed by atoms with Gasteiger partial charge < -0.3 is 15.4 Å². The molecule has 2 amide bonds. The number of piperazine rings is 1. The Labute approximate surface area is 130 Å². The van der Waals surface area contributed by atoms with Crippen molar-refractivity contribution in [2.45, 2.75) is 12.8 Å². The first kappa shape index (κ1) is 16.3. The molecule has 0 saturated carbocycles. The number of ether oxygens (including phenoxy) is 1. The average molecular weight is 305 g/mol. The Morgan fingerprint density at radius 3 is 2.59 bits per heavy atom. The summed E-state index contributed by atoms with van der Waals surface area (Å²) in [5, 5.41) is 0. The van der Waals surface area contributed by atoms with Crippen molar-refractivity contribution in [3.05, 3.63) is 29.8 Å². The molecule has 1 saturated heterocycles. The van der Waals surface area contributed by atoms with Gasteiger partial charge in [-0.2, -0.15) is 0 Å². The maximum Gasteiger partial charge on any atom is 0.227 e. The number of benzene rings is 1. The molecule has 1 aromatic rings. The SMILES string of the molecule is COc1cccc(CC(=O)N2CCN(CCC(N)=O)CC2)c1. The summed E-state index contributed by atoms with van der Waals surface area (Å²) in [5.74, 6) is 0.612. The van der Waals surface area contributed by atoms with Crippen molar-refractivity contribution in [2.24, 2.45) is 5.73 Å². The van der Waals surface area contributed by atoms with Gasteiger partial charge in [0, 0.05) is 39.1 Å². The summed E-state index contributed by atoms with van der Waals surface area (Å²) in [7, 11) is 1.62. The molecule has 0 aromatic heterocycles. The molecule has 6 heteroatoms. The summed E-state index contributed by atoms with van der Waals surface area (Å²) in [6.45, 7) is 3.64. The molecular formula is C16H23N3O3. The Kier molecular flexibility index (Phi) is 5.77. The third-order valence-electron chi connectivity index (χ3n) is 3.89. The van der Waals surface area contributed by atoms with Gasteiger partial charge in [0.2, 0.25) is 11.8 Å². The smallest absolute Gasteiger partial charge is 0.227 e. The lowest BCUT2D eigenvalue weighted by atomic mass is 10.1. The van der Waals surface area contributed by atoms with Crippen LogP contribution in [0.2, 0.25) is 0 Å². The van der Waals surface area contributed by atoms with E-state index in [-0.39, 0.29) is 11.8 Å². The molecule has 0 unspecified atom stereocenters. The Morgan fingerprint density at radius 2 is 1.95 bits per heavy atom. The van der Waals surface area contributed by atoms with E-state index in [2.05, 4.69) is 4.90 Å². The third-order valence-corrected chi connectivity index (χ3v) is 3.89. The molecule has 0 spiro atoms. The number of hydrogen-bond donors (Lipinski definition) is 1. The monoisotopic (exact) mass is 305 g/mol. The zero-order valence-corrected chi connectivity index (χ0v) is 13.0. The van der Waals surface area contributed by atoms with E-state index in [0.717, 1.165) is 24.4 Å². The Balaban J connectivity index is 1.80. The van der Waals surface area contributed by atoms with E-state index in [1.807, 2.05) is 29.2 Å². The minimum absolute atomic E-state index is 0.128. The van der Waals surface area contributed by atoms with E-state index in [1.54, 1.807) is 7.11 Å². The molecule has 0 radical (unpaired) electrons. The molecule has 2 N–H and O–H groups in total. The van der Waals surface area contributed by atoms with Crippen LogP contribution in [0.3, 0.4) is 0 Å². The first-order chi connectivity index (χ1) is 10.6. The number of nitrogens with zero attached hydrogens (tertiary/aromatic N) is 2. The van der Waals surface area contributed by atoms with E-state index in [4.69, 9.17) is 10.5 Å². The van der Waals surface area contributed by atoms with Crippen LogP contribution in [0.25, 0.3) is 0 Å². The molecule has 1 aliphatic heterocycles. The van der Waals surface area contributed by atoms with Crippen LogP contribution in [0, 0.1) is 0 Å². The molecule has 22 heavy (non-hydrogen) atoms. The highest BCUT2D eigenvalue weighted by Gasteiger charge is 2.21. The fourth-order valence-corrected chi connectivity index (χ4v) is 2.56. The van der Waals surface area contributed by atoms with Crippen molar-refractivity contribution in [3.8, 4) is 5.75 Å². The van der Waals surface area contributed by atoms with Gasteiger partial charge in [0.05, 0.1) is 13.5 Å². The van der Waals surface area contributed by atoms with Crippen LogP contribution in [0.5, 0.6) is 5.75 Å². The molecule has 0 bridgehead atoms. The van der Waals surface area contributed by atoms with E-state index >= 15 is 0 Å². The fourth-order valence-electron chi connectivity index (χ4n) is 2.56. The molecule has 0 atom stereocenters. The Bertz CT molecular complexity index is 525. The summed E-state index contributed by atoms with van der Waals surface area (Å²) < 4.78 is 5.17. The van der Waals surface area contributed by atoms with Gasteiger partial charge in [-0.25, -0.2) is 0 Å². The van der Waals surface area contributed by atoms with Crippen LogP contribution in [0.4, 0.5) is 0 Å². The predicted octanol–water partition coefficient (Wildman–Crippen LogP) is 0.257. The second-order valence-electron chi connectivity index (χ2n) is 5.47. The van der Waals surface area contributed by atoms with Crippen molar-refractivity contribution in [1.29, 1.82) is 0 Å². The maximum atomic E-state index is 12.3. The van der Waals surface area contributed by atoms with E-state index in [1.165, 1.54) is 0 Å². The van der Waals surface area contributed by atoms with Gasteiger partial charge in [0.25, 0.3) is 0 Å². The molecule has 6 nitrogen and oxygen atoms in total. The third kappa shape index (κ3) is 4.73. The van der Waals surface area contributed by atoms with E-state index in [9.17, 15) is 9.59 Å². The van der Waals surface area contributed by atoms with Gasteiger partial charge in [-0.05, 0) is 17.7 Å². The number of hydrogen-bond acceptors (Lipinski definition) is 4. The second kappa shape index (κ2) is 7.79. The highest BCUT2D eigenvalue weighted by atomic mass is 16.5. The fraction of sp³-hybridized carbons (Fsp3) is 0.500. The van der Waals surface area contributed by atoms with E-state index in [0.29, 0.717) is 32.5 Å². The maximum absolute atomic E-state index is 12.3. The van der Waals surface area contributed by atoms with Gasteiger partial charge >= 0.3 is 0 Å². The first-order valence-electron chi connectivity index (χ1n) is 7.50. The number of carbonyl (C=O) groups is 2. The van der Waals surface area contributed by atoms with Crippen molar-refractivity contribution in [2.75, 3.05) is 39.8 Å². The highest BCUT2D eigenvalue weighted by Crippen LogP contribution is 2.14. The summed E-state index contributed by atoms with van der Waals surface area (Å²) >= 11 is 0. The van der Waals surface area contributed by atoms with Crippen LogP contribution >= 0.6 is 0 Å². The van der Waals surface area contributed by atoms with Gasteiger partial charge in [-0.3, -0.25) is 14.5 Å². The minimum atomic E-state index is -0.281. The number of carbonyl (C=O) groups excluding carboxylic acids is 2. The van der Waals surface area contributed by atoms with Crippen molar-refractivity contribution < 1.29 is 14.3 Å². The van der Waals surface area contributed by atoms with Crippen LogP contribution in [0.1, 0.15) is 12.0 Å². The Morgan fingerprint density at radius 1 is 1.23 bits per heavy atom. The largest absolute Gasteiger partial charge is 0.497 e. The van der Waals surface area contributed by atoms with Gasteiger partial charge in [-0.1, -0.05) is 12.1 Å². The average Bonchev–Trinajstić information content (AvgIpc) is 2.53. The molecule has 1 heterocycles. The lowest BCUT2D eigenvalue weighted by Crippen LogP contribution is -2.49. The van der Waals surface area contributed by atoms with Crippen molar-refractivity contribution >= 4 is 11.8 Å². The zero-order chi connectivity index (χ0) is 15.9. The van der Waals surface area contributed by atoms with Gasteiger partial charge in [0.1, 0.15) is 5.75 Å². The summed E-state index contributed by atoms with van der Waals surface area (Å²) in [5.41, 5.74) is 6.11. The van der Waals surface area contributed by atoms with Gasteiger partial charge in [0.15, 0.2) is 0 Å². The topological polar surface area (TPSA) is 75.9 Å². The normalized spacial score (nSPS) is 15.6. The molecular weight excluding hydrogens is 282 g/mol. The van der Waals surface area contributed by atoms with Crippen molar-refractivity contribution in [1.82, 2.24) is 9.80 Å². The van der Waals surface area contributed by atoms with Crippen LogP contribution in [0.15, 0.2) is 24.3 Å². The molecule has 1 aliphatic rings. The number of primary amides is 1. The zero-order valence-electron chi connectivity index (χ0n) is 13.0. The number of methoxy groups -OCH3 is 1. The lowest BCUT2D eigenvalue weighted by Gasteiger charge is -2.34. The Hall–Kier alpha value is -2.08. The highest BCUT2D eigenvalue weighted by molar-refractivity contribution is 5.79. The van der Waals surface area contributed by atoms with E-state index < -0.39 is 0 Å². The minimum Gasteiger partial charge on any atom is -0.497 e. The lowest BCUT2D eigenvalue weighted by molar-refractivity contribution is -0.132. The molecule has 1 aromatic carbocycles. The summed E-state index contributed by atoms with van der Waals surface area (Å²) in [6.07, 6.45) is 0.760. The second-order valence-corrected chi connectivity index (χ2v) is 5.47. The quantitative estimate of drug-likeness (QED) is 0.818. The molecule has 120 valence electrons. The van der Waals surface area contributed by atoms with Crippen LogP contribution < -0.4 is 10.5 Å². The predicted molar refractivity (Wildman–Crippen MR) is 83.5 cm³/mol. The van der Waals surface area contributed by atoms with Crippen molar-refractivity contribution in [3.63, 3.8) is 0 Å². The number of amides is 2. The molecule has 2 rings (SSSR count). The summed E-state index contributed by atoms with van der Waals surface area (Å²) in [6, 6.07) is 7.58. The number of nitrogens with two attached hydrogens (primary N) is 1. The van der Waals surface area contributed by atoms with Crippen LogP contribution in [-0.4, -0.2) is 61.4 Å². The summed E-state index contributed by atoms with van der Waals surface area (Å²) in [4.78, 5) is 27.2. The molecule has 1 fully saturated rings. The molecule has 0 aliphatic carbocycles. The van der Waals surface area contributed by atoms with Crippen LogP contribution in [-0.2, 0) is 16.0 Å². The first-order valence-corrected chi connectivity index (χ1v) is 7.50. The number of rotatable bonds is 6.